The van der Waals surface area contributed by atoms with Crippen LogP contribution in [0.2, 0.25) is 0 Å². The van der Waals surface area contributed by atoms with Gasteiger partial charge in [-0.25, -0.2) is 4.57 Å². The average Bonchev–Trinajstić information content (AvgIpc) is 2.52. The molecule has 0 aliphatic rings. The molecule has 0 heterocycles. The fourth-order valence-electron chi connectivity index (χ4n) is 2.16. The molecule has 0 radical (unpaired) electrons. The molecule has 0 atom stereocenters. The Morgan fingerprint density at radius 1 is 0.720 bits per heavy atom. The number of rotatable bonds is 16. The fraction of sp³-hybridized carbons (Fsp3) is 1.00. The van der Waals surface area contributed by atoms with E-state index in [1.807, 2.05) is 0 Å². The maximum atomic E-state index is 11.6. The van der Waals surface area contributed by atoms with Crippen LogP contribution in [0.15, 0.2) is 0 Å². The van der Waals surface area contributed by atoms with Crippen molar-refractivity contribution < 1.29 is 50.3 Å². The average molecular weight is 464 g/mol. The van der Waals surface area contributed by atoms with Crippen molar-refractivity contribution in [1.82, 2.24) is 0 Å². The van der Waals surface area contributed by atoms with E-state index in [2.05, 4.69) is 13.8 Å². The number of unbranched alkanes of at least 4 members (excludes halogenated alkanes) is 10. The van der Waals surface area contributed by atoms with Crippen LogP contribution in [0, 0.1) is 0 Å². The second-order valence-electron chi connectivity index (χ2n) is 5.95. The van der Waals surface area contributed by atoms with Gasteiger partial charge in [0, 0.05) is 0 Å². The van der Waals surface area contributed by atoms with Gasteiger partial charge < -0.3 is 4.89 Å². The van der Waals surface area contributed by atoms with Crippen molar-refractivity contribution in [1.29, 1.82) is 0 Å². The Kier molecular flexibility index (Phi) is 23.5. The summed E-state index contributed by atoms with van der Waals surface area (Å²) in [5.41, 5.74) is 0. The third-order valence-corrected chi connectivity index (χ3v) is 4.52. The second-order valence-corrected chi connectivity index (χ2v) is 8.80. The molecule has 152 valence electrons. The second kappa shape index (κ2) is 21.0. The van der Waals surface area contributed by atoms with Gasteiger partial charge in [0.15, 0.2) is 0 Å². The molecule has 0 saturated carbocycles. The first kappa shape index (κ1) is 27.9. The van der Waals surface area contributed by atoms with Gasteiger partial charge in [0.2, 0.25) is 0 Å². The van der Waals surface area contributed by atoms with Gasteiger partial charge in [-0.05, 0) is 12.8 Å². The van der Waals surface area contributed by atoms with Crippen molar-refractivity contribution in [2.45, 2.75) is 90.9 Å². The van der Waals surface area contributed by atoms with E-state index in [1.165, 1.54) is 51.4 Å². The number of hydrogen-bond donors (Lipinski definition) is 3. The van der Waals surface area contributed by atoms with Crippen molar-refractivity contribution in [2.75, 3.05) is 13.2 Å². The van der Waals surface area contributed by atoms with Gasteiger partial charge in [-0.1, -0.05) is 78.1 Å². The summed E-state index contributed by atoms with van der Waals surface area (Å²) >= 11 is -3.79. The Morgan fingerprint density at radius 3 is 1.32 bits per heavy atom. The van der Waals surface area contributed by atoms with Gasteiger partial charge in [-0.15, -0.1) is 0 Å². The van der Waals surface area contributed by atoms with Crippen LogP contribution in [0.5, 0.6) is 0 Å². The molecule has 9 heteroatoms. The molecule has 3 N–H and O–H groups in total. The molecule has 0 aromatic rings. The summed E-state index contributed by atoms with van der Waals surface area (Å²) in [7, 11) is -3.82. The molecular formula is C16H37O7PZr. The first-order valence-corrected chi connectivity index (χ1v) is 14.1. The van der Waals surface area contributed by atoms with Gasteiger partial charge in [0.1, 0.15) is 0 Å². The van der Waals surface area contributed by atoms with E-state index >= 15 is 0 Å². The summed E-state index contributed by atoms with van der Waals surface area (Å²) < 4.78 is 44.9. The van der Waals surface area contributed by atoms with Crippen LogP contribution in [-0.4, -0.2) is 24.5 Å². The van der Waals surface area contributed by atoms with Crippen LogP contribution >= 0.6 is 7.82 Å². The Morgan fingerprint density at radius 2 is 1.00 bits per heavy atom. The van der Waals surface area contributed by atoms with Crippen molar-refractivity contribution >= 4 is 7.82 Å². The molecule has 0 spiro atoms. The van der Waals surface area contributed by atoms with Crippen molar-refractivity contribution in [3.05, 3.63) is 0 Å². The monoisotopic (exact) mass is 462 g/mol. The van der Waals surface area contributed by atoms with Crippen LogP contribution in [0.1, 0.15) is 90.9 Å². The topological polar surface area (TPSA) is 113 Å². The van der Waals surface area contributed by atoms with E-state index in [0.717, 1.165) is 25.7 Å². The molecule has 0 aromatic carbocycles. The summed E-state index contributed by atoms with van der Waals surface area (Å²) in [6.07, 6.45) is 13.6. The standard InChI is InChI=1S/C16H35O4P.2H2O.O.Zr/c1-3-5-7-9-11-13-15-19-21(17,18)20-16-14-12-10-8-6-4-2;;;;/h3-16H2,1-2H3,(H,17,18);2*1H2;;/q;;;;+2/p-2. The summed E-state index contributed by atoms with van der Waals surface area (Å²) in [5, 5.41) is 0. The number of hydrogen-bond acceptors (Lipinski definition) is 4. The van der Waals surface area contributed by atoms with Gasteiger partial charge in [0.05, 0.1) is 13.2 Å². The molecular weight excluding hydrogens is 426 g/mol. The summed E-state index contributed by atoms with van der Waals surface area (Å²) in [6, 6.07) is 0. The molecule has 0 aliphatic carbocycles. The molecule has 25 heavy (non-hydrogen) atoms. The van der Waals surface area contributed by atoms with Crippen molar-refractivity contribution in [3.63, 3.8) is 0 Å². The Balaban J connectivity index is 0. The van der Waals surface area contributed by atoms with E-state index in [9.17, 15) is 9.46 Å². The zero-order valence-electron chi connectivity index (χ0n) is 15.8. The van der Waals surface area contributed by atoms with E-state index in [-0.39, 0.29) is 0 Å². The fourth-order valence-corrected chi connectivity index (χ4v) is 2.96. The van der Waals surface area contributed by atoms with E-state index in [0.29, 0.717) is 13.2 Å². The number of phosphoric ester groups is 1. The summed E-state index contributed by atoms with van der Waals surface area (Å²) in [6.45, 7) is 5.01. The number of phosphoric acid groups is 1. The Hall–Kier alpha value is 0.713. The van der Waals surface area contributed by atoms with Crippen LogP contribution in [-0.2, 0) is 39.1 Å². The third-order valence-electron chi connectivity index (χ3n) is 3.50. The minimum atomic E-state index is -3.82. The van der Waals surface area contributed by atoms with Crippen molar-refractivity contribution in [2.24, 2.45) is 0 Å². The van der Waals surface area contributed by atoms with E-state index in [4.69, 9.17) is 18.2 Å². The van der Waals surface area contributed by atoms with Crippen molar-refractivity contribution in [3.8, 4) is 0 Å². The minimum absolute atomic E-state index is 0.316. The molecule has 0 saturated heterocycles. The molecule has 0 rings (SSSR count). The molecule has 0 aliphatic heterocycles. The SMILES string of the molecule is CCCCCCCCOP(=O)(O)OCCCCCCCC.[O]=[Zr]([OH])[OH]. The van der Waals surface area contributed by atoms with Crippen LogP contribution < -0.4 is 0 Å². The molecule has 7 nitrogen and oxygen atoms in total. The zero-order chi connectivity index (χ0) is 19.4. The van der Waals surface area contributed by atoms with Gasteiger partial charge in [-0.2, -0.15) is 0 Å². The molecule has 0 bridgehead atoms. The van der Waals surface area contributed by atoms with Crippen LogP contribution in [0.3, 0.4) is 0 Å². The summed E-state index contributed by atoms with van der Waals surface area (Å²) in [5.74, 6) is 0. The Labute approximate surface area is 162 Å². The first-order valence-electron chi connectivity index (χ1n) is 9.39. The predicted molar refractivity (Wildman–Crippen MR) is 93.6 cm³/mol. The van der Waals surface area contributed by atoms with Gasteiger partial charge in [-0.3, -0.25) is 9.05 Å². The maximum absolute atomic E-state index is 11.6. The Bertz CT molecular complexity index is 316. The third kappa shape index (κ3) is 29.7. The van der Waals surface area contributed by atoms with Gasteiger partial charge >= 0.3 is 39.6 Å². The van der Waals surface area contributed by atoms with E-state index in [1.54, 1.807) is 0 Å². The quantitative estimate of drug-likeness (QED) is 0.226. The molecule has 0 aromatic heterocycles. The normalized spacial score (nSPS) is 11.1. The summed E-state index contributed by atoms with van der Waals surface area (Å²) in [4.78, 5) is 9.51. The molecule has 0 amide bonds. The van der Waals surface area contributed by atoms with Crippen LogP contribution in [0.25, 0.3) is 0 Å². The van der Waals surface area contributed by atoms with Gasteiger partial charge in [0.25, 0.3) is 0 Å². The molecule has 0 fully saturated rings. The van der Waals surface area contributed by atoms with E-state index < -0.39 is 30.5 Å². The van der Waals surface area contributed by atoms with Crippen LogP contribution in [0.4, 0.5) is 0 Å². The zero-order valence-corrected chi connectivity index (χ0v) is 19.2. The first-order chi connectivity index (χ1) is 11.9. The molecule has 0 unspecified atom stereocenters. The predicted octanol–water partition coefficient (Wildman–Crippen LogP) is 4.61.